The molecule has 0 aliphatic carbocycles. The highest BCUT2D eigenvalue weighted by Gasteiger charge is 2.21. The number of hydrogen-bond acceptors (Lipinski definition) is 2. The van der Waals surface area contributed by atoms with Crippen molar-refractivity contribution in [3.63, 3.8) is 0 Å². The second kappa shape index (κ2) is 16.9. The molecule has 3 nitrogen and oxygen atoms in total. The molecule has 0 atom stereocenters. The predicted octanol–water partition coefficient (Wildman–Crippen LogP) is 18.5. The van der Waals surface area contributed by atoms with E-state index >= 15 is 0 Å². The van der Waals surface area contributed by atoms with Crippen LogP contribution in [0.15, 0.2) is 271 Å². The Morgan fingerprint density at radius 1 is 0.290 bits per heavy atom. The number of rotatable bonds is 9. The normalized spacial score (nSPS) is 11.5. The van der Waals surface area contributed by atoms with Gasteiger partial charge in [-0.3, -0.25) is 0 Å². The molecule has 2 heterocycles. The number of hydrogen-bond donors (Lipinski definition) is 0. The van der Waals surface area contributed by atoms with Crippen molar-refractivity contribution in [2.45, 2.75) is 0 Å². The molecule has 0 bridgehead atoms. The Bertz CT molecular complexity index is 3960. The van der Waals surface area contributed by atoms with Crippen LogP contribution in [0.4, 0.5) is 17.1 Å². The van der Waals surface area contributed by atoms with Crippen LogP contribution in [0, 0.1) is 0 Å². The third kappa shape index (κ3) is 6.99. The molecule has 13 rings (SSSR count). The minimum Gasteiger partial charge on any atom is -0.455 e. The lowest BCUT2D eigenvalue weighted by molar-refractivity contribution is 0.670. The van der Waals surface area contributed by atoms with Crippen LogP contribution < -0.4 is 4.90 Å². The molecule has 0 aliphatic rings. The third-order valence-electron chi connectivity index (χ3n) is 13.6. The highest BCUT2D eigenvalue weighted by Crippen LogP contribution is 2.45. The van der Waals surface area contributed by atoms with Crippen LogP contribution in [-0.4, -0.2) is 4.57 Å². The van der Waals surface area contributed by atoms with Crippen LogP contribution in [0.1, 0.15) is 0 Å². The van der Waals surface area contributed by atoms with Gasteiger partial charge in [-0.05, 0) is 99.6 Å². The van der Waals surface area contributed by atoms with Gasteiger partial charge in [0.25, 0.3) is 0 Å². The van der Waals surface area contributed by atoms with E-state index in [0.29, 0.717) is 0 Å². The van der Waals surface area contributed by atoms with Gasteiger partial charge in [-0.1, -0.05) is 206 Å². The summed E-state index contributed by atoms with van der Waals surface area (Å²) in [5, 5.41) is 4.75. The maximum atomic E-state index is 6.50. The average molecular weight is 881 g/mol. The first-order chi connectivity index (χ1) is 34.2. The zero-order chi connectivity index (χ0) is 45.7. The summed E-state index contributed by atoms with van der Waals surface area (Å²) in [7, 11) is 0. The number of benzene rings is 11. The van der Waals surface area contributed by atoms with Gasteiger partial charge in [0.1, 0.15) is 11.2 Å². The van der Waals surface area contributed by atoms with Crippen LogP contribution in [0.3, 0.4) is 0 Å². The summed E-state index contributed by atoms with van der Waals surface area (Å²) in [6, 6.07) is 96.1. The Morgan fingerprint density at radius 3 is 1.42 bits per heavy atom. The van der Waals surface area contributed by atoms with Gasteiger partial charge < -0.3 is 13.9 Å². The van der Waals surface area contributed by atoms with E-state index in [9.17, 15) is 0 Å². The minimum absolute atomic E-state index is 0.897. The van der Waals surface area contributed by atoms with Gasteiger partial charge >= 0.3 is 0 Å². The van der Waals surface area contributed by atoms with Crippen molar-refractivity contribution in [2.75, 3.05) is 4.90 Å². The molecular weight excluding hydrogens is 837 g/mol. The average Bonchev–Trinajstić information content (AvgIpc) is 3.98. The quantitative estimate of drug-likeness (QED) is 0.144. The van der Waals surface area contributed by atoms with Gasteiger partial charge in [-0.15, -0.1) is 0 Å². The number of aromatic nitrogens is 1. The molecule has 0 radical (unpaired) electrons. The third-order valence-corrected chi connectivity index (χ3v) is 13.6. The molecule has 0 N–H and O–H groups in total. The molecule has 0 saturated carbocycles. The Hall–Kier alpha value is -9.18. The Labute approximate surface area is 401 Å². The first-order valence-corrected chi connectivity index (χ1v) is 23.6. The summed E-state index contributed by atoms with van der Waals surface area (Å²) < 4.78 is 8.92. The number of anilines is 3. The van der Waals surface area contributed by atoms with Crippen molar-refractivity contribution >= 4 is 60.8 Å². The fraction of sp³-hybridized carbons (Fsp3) is 0. The fourth-order valence-electron chi connectivity index (χ4n) is 10.4. The van der Waals surface area contributed by atoms with Crippen LogP contribution in [0.5, 0.6) is 0 Å². The zero-order valence-electron chi connectivity index (χ0n) is 37.7. The van der Waals surface area contributed by atoms with E-state index in [0.717, 1.165) is 78.1 Å². The maximum absolute atomic E-state index is 6.50. The van der Waals surface area contributed by atoms with Crippen molar-refractivity contribution in [3.8, 4) is 61.3 Å². The molecule has 0 fully saturated rings. The first kappa shape index (κ1) is 40.1. The van der Waals surface area contributed by atoms with Gasteiger partial charge in [-0.2, -0.15) is 0 Å². The summed E-state index contributed by atoms with van der Waals surface area (Å²) in [4.78, 5) is 2.40. The van der Waals surface area contributed by atoms with E-state index in [1.807, 2.05) is 12.1 Å². The summed E-state index contributed by atoms with van der Waals surface area (Å²) >= 11 is 0. The number of fused-ring (bicyclic) bond motifs is 6. The van der Waals surface area contributed by atoms with Crippen LogP contribution in [0.2, 0.25) is 0 Å². The van der Waals surface area contributed by atoms with Crippen molar-refractivity contribution in [1.82, 2.24) is 4.57 Å². The van der Waals surface area contributed by atoms with Gasteiger partial charge in [0.2, 0.25) is 0 Å². The standard InChI is InChI=1S/C66H44N2O/c1-2-18-45(19-3-1)52-22-4-5-23-53(52)46-36-40-50(41-37-46)67(51-42-38-47(39-43-51)56-29-17-30-60-59-28-10-15-35-65(59)69-66(56)60)61-31-11-6-24-54(61)48-20-16-21-49(44-48)55-25-7-12-32-62(55)68-63-33-13-8-26-57(63)58-27-9-14-34-64(58)68/h1-44H. The molecule has 11 aromatic carbocycles. The number of furan rings is 1. The molecular formula is C66H44N2O. The van der Waals surface area contributed by atoms with Crippen LogP contribution >= 0.6 is 0 Å². The molecule has 0 aliphatic heterocycles. The van der Waals surface area contributed by atoms with Crippen molar-refractivity contribution in [2.24, 2.45) is 0 Å². The second-order valence-electron chi connectivity index (χ2n) is 17.6. The van der Waals surface area contributed by atoms with Crippen LogP contribution in [-0.2, 0) is 0 Å². The lowest BCUT2D eigenvalue weighted by atomic mass is 9.94. The predicted molar refractivity (Wildman–Crippen MR) is 290 cm³/mol. The number of nitrogens with zero attached hydrogens (tertiary/aromatic N) is 2. The van der Waals surface area contributed by atoms with E-state index < -0.39 is 0 Å². The molecule has 69 heavy (non-hydrogen) atoms. The van der Waals surface area contributed by atoms with Gasteiger partial charge in [0, 0.05) is 49.6 Å². The summed E-state index contributed by atoms with van der Waals surface area (Å²) in [6.45, 7) is 0. The molecule has 0 saturated heterocycles. The zero-order valence-corrected chi connectivity index (χ0v) is 37.7. The lowest BCUT2D eigenvalue weighted by Crippen LogP contribution is -2.11. The smallest absolute Gasteiger partial charge is 0.143 e. The maximum Gasteiger partial charge on any atom is 0.143 e. The van der Waals surface area contributed by atoms with E-state index in [4.69, 9.17) is 4.42 Å². The van der Waals surface area contributed by atoms with E-state index in [1.165, 1.54) is 44.1 Å². The fourth-order valence-corrected chi connectivity index (χ4v) is 10.4. The van der Waals surface area contributed by atoms with Gasteiger partial charge in [0.05, 0.1) is 22.4 Å². The van der Waals surface area contributed by atoms with Crippen molar-refractivity contribution in [3.05, 3.63) is 267 Å². The Balaban J connectivity index is 0.941. The first-order valence-electron chi connectivity index (χ1n) is 23.6. The molecule has 3 heteroatoms. The van der Waals surface area contributed by atoms with Crippen molar-refractivity contribution in [1.29, 1.82) is 0 Å². The lowest BCUT2D eigenvalue weighted by Gasteiger charge is -2.28. The SMILES string of the molecule is c1ccc(-c2ccccc2-c2ccc(N(c3ccc(-c4cccc5c4oc4ccccc45)cc3)c3ccccc3-c3cccc(-c4ccccc4-n4c5ccccc5c5ccccc54)c3)cc2)cc1. The Kier molecular flexibility index (Phi) is 9.84. The highest BCUT2D eigenvalue weighted by atomic mass is 16.3. The molecule has 2 aromatic heterocycles. The number of para-hydroxylation sites is 6. The summed E-state index contributed by atoms with van der Waals surface area (Å²) in [6.07, 6.45) is 0. The largest absolute Gasteiger partial charge is 0.455 e. The van der Waals surface area contributed by atoms with Crippen LogP contribution in [0.25, 0.3) is 105 Å². The Morgan fingerprint density at radius 2 is 0.739 bits per heavy atom. The molecule has 13 aromatic rings. The highest BCUT2D eigenvalue weighted by molar-refractivity contribution is 6.11. The monoisotopic (exact) mass is 880 g/mol. The van der Waals surface area contributed by atoms with E-state index in [-0.39, 0.29) is 0 Å². The topological polar surface area (TPSA) is 21.3 Å². The molecule has 324 valence electrons. The van der Waals surface area contributed by atoms with E-state index in [1.54, 1.807) is 0 Å². The van der Waals surface area contributed by atoms with Gasteiger partial charge in [0.15, 0.2) is 0 Å². The van der Waals surface area contributed by atoms with Crippen molar-refractivity contribution < 1.29 is 4.42 Å². The molecule has 0 spiro atoms. The van der Waals surface area contributed by atoms with Gasteiger partial charge in [-0.25, -0.2) is 0 Å². The second-order valence-corrected chi connectivity index (χ2v) is 17.6. The summed E-state index contributed by atoms with van der Waals surface area (Å²) in [5.41, 5.74) is 20.0. The molecule has 0 unspecified atom stereocenters. The minimum atomic E-state index is 0.897. The van der Waals surface area contributed by atoms with E-state index in [2.05, 4.69) is 264 Å². The summed E-state index contributed by atoms with van der Waals surface area (Å²) in [5.74, 6) is 0. The molecule has 0 amide bonds.